The molecule has 0 aromatic carbocycles. The summed E-state index contributed by atoms with van der Waals surface area (Å²) in [7, 11) is 0. The maximum absolute atomic E-state index is 12.2. The zero-order valence-electron chi connectivity index (χ0n) is 10.7. The van der Waals surface area contributed by atoms with Crippen molar-refractivity contribution in [1.82, 2.24) is 0 Å². The van der Waals surface area contributed by atoms with Gasteiger partial charge < -0.3 is 4.42 Å². The molecule has 0 N–H and O–H groups in total. The summed E-state index contributed by atoms with van der Waals surface area (Å²) < 4.78 is 5.21. The van der Waals surface area contributed by atoms with Crippen molar-refractivity contribution in [2.75, 3.05) is 6.54 Å². The second-order valence-corrected chi connectivity index (χ2v) is 5.24. The molecule has 2 aromatic heterocycles. The average molecular weight is 283 g/mol. The molecule has 1 unspecified atom stereocenters. The SMILES string of the molecule is O=C(c1ccsc1)C1C=CC(/C=C/c2ccco2)=NC1. The van der Waals surface area contributed by atoms with E-state index in [1.54, 1.807) is 6.26 Å². The molecule has 0 saturated heterocycles. The number of ketones is 1. The van der Waals surface area contributed by atoms with Gasteiger partial charge in [0.25, 0.3) is 0 Å². The van der Waals surface area contributed by atoms with Crippen LogP contribution in [0.4, 0.5) is 0 Å². The standard InChI is InChI=1S/C16H13NO2S/c18-16(13-7-9-20-11-13)12-3-4-14(17-10-12)5-6-15-2-1-8-19-15/h1-9,11-12H,10H2/b6-5+. The van der Waals surface area contributed by atoms with Crippen LogP contribution in [0.5, 0.6) is 0 Å². The van der Waals surface area contributed by atoms with Gasteiger partial charge in [0, 0.05) is 10.9 Å². The third-order valence-electron chi connectivity index (χ3n) is 3.07. The van der Waals surface area contributed by atoms with Crippen LogP contribution in [0.1, 0.15) is 16.1 Å². The Morgan fingerprint density at radius 2 is 2.35 bits per heavy atom. The van der Waals surface area contributed by atoms with Gasteiger partial charge in [-0.2, -0.15) is 11.3 Å². The van der Waals surface area contributed by atoms with Gasteiger partial charge in [0.1, 0.15) is 5.76 Å². The van der Waals surface area contributed by atoms with E-state index in [4.69, 9.17) is 4.42 Å². The molecular weight excluding hydrogens is 270 g/mol. The highest BCUT2D eigenvalue weighted by Crippen LogP contribution is 2.17. The molecule has 1 aliphatic rings. The fraction of sp³-hybridized carbons (Fsp3) is 0.125. The van der Waals surface area contributed by atoms with E-state index in [1.165, 1.54) is 11.3 Å². The lowest BCUT2D eigenvalue weighted by Gasteiger charge is -2.12. The summed E-state index contributed by atoms with van der Waals surface area (Å²) in [6.45, 7) is 0.503. The lowest BCUT2D eigenvalue weighted by molar-refractivity contribution is 0.0949. The monoisotopic (exact) mass is 283 g/mol. The minimum absolute atomic E-state index is 0.139. The van der Waals surface area contributed by atoms with Crippen molar-refractivity contribution in [2.45, 2.75) is 0 Å². The molecule has 2 aromatic rings. The number of nitrogens with zero attached hydrogens (tertiary/aromatic N) is 1. The third kappa shape index (κ3) is 2.86. The van der Waals surface area contributed by atoms with E-state index in [2.05, 4.69) is 4.99 Å². The molecule has 0 fully saturated rings. The first-order valence-corrected chi connectivity index (χ1v) is 7.28. The molecule has 0 spiro atoms. The molecule has 20 heavy (non-hydrogen) atoms. The van der Waals surface area contributed by atoms with Crippen molar-refractivity contribution in [3.05, 3.63) is 64.8 Å². The quantitative estimate of drug-likeness (QED) is 0.799. The number of aliphatic imine (C=N–C) groups is 1. The first-order chi connectivity index (χ1) is 9.83. The van der Waals surface area contributed by atoms with Crippen LogP contribution in [-0.4, -0.2) is 18.0 Å². The molecule has 3 nitrogen and oxygen atoms in total. The Labute approximate surface area is 121 Å². The van der Waals surface area contributed by atoms with Gasteiger partial charge in [0.05, 0.1) is 24.4 Å². The van der Waals surface area contributed by atoms with Gasteiger partial charge in [0.15, 0.2) is 5.78 Å². The number of hydrogen-bond acceptors (Lipinski definition) is 4. The zero-order valence-corrected chi connectivity index (χ0v) is 11.5. The smallest absolute Gasteiger partial charge is 0.172 e. The molecule has 0 amide bonds. The van der Waals surface area contributed by atoms with E-state index in [1.807, 2.05) is 53.3 Å². The number of thiophene rings is 1. The van der Waals surface area contributed by atoms with E-state index in [-0.39, 0.29) is 11.7 Å². The Morgan fingerprint density at radius 1 is 1.40 bits per heavy atom. The Balaban J connectivity index is 1.64. The summed E-state index contributed by atoms with van der Waals surface area (Å²) in [6, 6.07) is 5.58. The van der Waals surface area contributed by atoms with Crippen LogP contribution in [0.2, 0.25) is 0 Å². The number of Topliss-reactive ketones (excluding diaryl/α,β-unsaturated/α-hetero) is 1. The van der Waals surface area contributed by atoms with Crippen LogP contribution in [0.15, 0.2) is 62.9 Å². The Hall–Kier alpha value is -2.20. The first-order valence-electron chi connectivity index (χ1n) is 6.33. The molecular formula is C16H13NO2S. The summed E-state index contributed by atoms with van der Waals surface area (Å²) in [5.74, 6) is 0.781. The number of carbonyl (C=O) groups is 1. The molecule has 0 radical (unpaired) electrons. The average Bonchev–Trinajstić information content (AvgIpc) is 3.18. The molecule has 0 saturated carbocycles. The minimum atomic E-state index is -0.148. The summed E-state index contributed by atoms with van der Waals surface area (Å²) >= 11 is 1.54. The molecule has 3 rings (SSSR count). The van der Waals surface area contributed by atoms with Crippen LogP contribution in [0.3, 0.4) is 0 Å². The van der Waals surface area contributed by atoms with E-state index < -0.39 is 0 Å². The fourth-order valence-corrected chi connectivity index (χ4v) is 2.63. The van der Waals surface area contributed by atoms with Crippen molar-refractivity contribution in [3.63, 3.8) is 0 Å². The molecule has 100 valence electrons. The maximum Gasteiger partial charge on any atom is 0.172 e. The van der Waals surface area contributed by atoms with Crippen LogP contribution in [0, 0.1) is 5.92 Å². The number of hydrogen-bond donors (Lipinski definition) is 0. The van der Waals surface area contributed by atoms with Crippen LogP contribution < -0.4 is 0 Å². The summed E-state index contributed by atoms with van der Waals surface area (Å²) in [6.07, 6.45) is 9.20. The van der Waals surface area contributed by atoms with Crippen molar-refractivity contribution >= 4 is 28.9 Å². The number of furan rings is 1. The minimum Gasteiger partial charge on any atom is -0.465 e. The van der Waals surface area contributed by atoms with Gasteiger partial charge in [-0.05, 0) is 41.8 Å². The largest absolute Gasteiger partial charge is 0.465 e. The van der Waals surface area contributed by atoms with Crippen molar-refractivity contribution < 1.29 is 9.21 Å². The van der Waals surface area contributed by atoms with E-state index >= 15 is 0 Å². The van der Waals surface area contributed by atoms with Crippen LogP contribution >= 0.6 is 11.3 Å². The highest BCUT2D eigenvalue weighted by molar-refractivity contribution is 7.08. The lowest BCUT2D eigenvalue weighted by atomic mass is 9.97. The summed E-state index contributed by atoms with van der Waals surface area (Å²) in [5.41, 5.74) is 1.63. The summed E-state index contributed by atoms with van der Waals surface area (Å²) in [5, 5.41) is 3.80. The van der Waals surface area contributed by atoms with Crippen LogP contribution in [0.25, 0.3) is 6.08 Å². The molecule has 4 heteroatoms. The van der Waals surface area contributed by atoms with Gasteiger partial charge >= 0.3 is 0 Å². The zero-order chi connectivity index (χ0) is 13.8. The topological polar surface area (TPSA) is 42.6 Å². The Bertz CT molecular complexity index is 663. The Kier molecular flexibility index (Phi) is 3.74. The second-order valence-electron chi connectivity index (χ2n) is 4.46. The van der Waals surface area contributed by atoms with Crippen molar-refractivity contribution in [1.29, 1.82) is 0 Å². The molecule has 1 atom stereocenters. The first kappa shape index (κ1) is 12.8. The Morgan fingerprint density at radius 3 is 3.00 bits per heavy atom. The summed E-state index contributed by atoms with van der Waals surface area (Å²) in [4.78, 5) is 16.6. The number of rotatable bonds is 4. The van der Waals surface area contributed by atoms with Gasteiger partial charge in [-0.15, -0.1) is 0 Å². The molecule has 1 aliphatic heterocycles. The van der Waals surface area contributed by atoms with Crippen molar-refractivity contribution in [2.24, 2.45) is 10.9 Å². The van der Waals surface area contributed by atoms with E-state index in [9.17, 15) is 4.79 Å². The highest BCUT2D eigenvalue weighted by Gasteiger charge is 2.19. The maximum atomic E-state index is 12.2. The predicted octanol–water partition coefficient (Wildman–Crippen LogP) is 3.86. The number of carbonyl (C=O) groups excluding carboxylic acids is 1. The third-order valence-corrected chi connectivity index (χ3v) is 3.76. The van der Waals surface area contributed by atoms with Crippen LogP contribution in [-0.2, 0) is 0 Å². The van der Waals surface area contributed by atoms with E-state index in [0.29, 0.717) is 6.54 Å². The lowest BCUT2D eigenvalue weighted by Crippen LogP contribution is -2.18. The molecule has 0 bridgehead atoms. The fourth-order valence-electron chi connectivity index (χ4n) is 1.98. The van der Waals surface area contributed by atoms with Gasteiger partial charge in [0.2, 0.25) is 0 Å². The highest BCUT2D eigenvalue weighted by atomic mass is 32.1. The van der Waals surface area contributed by atoms with Gasteiger partial charge in [-0.25, -0.2) is 0 Å². The van der Waals surface area contributed by atoms with Gasteiger partial charge in [-0.3, -0.25) is 9.79 Å². The number of allylic oxidation sites excluding steroid dienone is 2. The molecule has 0 aliphatic carbocycles. The van der Waals surface area contributed by atoms with E-state index in [0.717, 1.165) is 17.0 Å². The number of dihydropyridines is 1. The predicted molar refractivity (Wildman–Crippen MR) is 81.3 cm³/mol. The van der Waals surface area contributed by atoms with Gasteiger partial charge in [-0.1, -0.05) is 6.08 Å². The second kappa shape index (κ2) is 5.84. The normalized spacial score (nSPS) is 18.4. The molecule has 3 heterocycles. The van der Waals surface area contributed by atoms with Crippen molar-refractivity contribution in [3.8, 4) is 0 Å².